The van der Waals surface area contributed by atoms with Crippen LogP contribution in [0, 0.1) is 0 Å². The van der Waals surface area contributed by atoms with E-state index in [1.807, 2.05) is 0 Å². The highest BCUT2D eigenvalue weighted by atomic mass is 15.3. The van der Waals surface area contributed by atoms with Crippen molar-refractivity contribution in [2.24, 2.45) is 16.6 Å². The van der Waals surface area contributed by atoms with Gasteiger partial charge in [0.1, 0.15) is 0 Å². The molecular formula is C8H20N6. The monoisotopic (exact) mass is 200 g/mol. The van der Waals surface area contributed by atoms with Crippen LogP contribution in [0.1, 0.15) is 0 Å². The number of nitrogens with one attached hydrogen (secondary N) is 1. The largest absolute Gasteiger partial charge is 0.369 e. The molecule has 1 aliphatic rings. The molecule has 5 N–H and O–H groups in total. The highest BCUT2D eigenvalue weighted by molar-refractivity contribution is 5.77. The maximum atomic E-state index is 5.40. The molecule has 0 atom stereocenters. The summed E-state index contributed by atoms with van der Waals surface area (Å²) < 4.78 is 0. The lowest BCUT2D eigenvalue weighted by Crippen LogP contribution is -2.45. The van der Waals surface area contributed by atoms with E-state index in [9.17, 15) is 0 Å². The van der Waals surface area contributed by atoms with E-state index in [4.69, 9.17) is 11.6 Å². The molecule has 0 radical (unpaired) electrons. The number of aliphatic imine (C=N–C) groups is 1. The van der Waals surface area contributed by atoms with E-state index in [0.29, 0.717) is 12.5 Å². The van der Waals surface area contributed by atoms with Crippen LogP contribution < -0.4 is 17.0 Å². The Hall–Kier alpha value is -0.850. The van der Waals surface area contributed by atoms with Gasteiger partial charge in [0.05, 0.1) is 6.54 Å². The number of guanidine groups is 1. The molecule has 1 saturated heterocycles. The van der Waals surface area contributed by atoms with E-state index in [1.54, 1.807) is 0 Å². The average Bonchev–Trinajstić information content (AvgIpc) is 2.21. The van der Waals surface area contributed by atoms with Crippen LogP contribution in [0.4, 0.5) is 0 Å². The average molecular weight is 200 g/mol. The Bertz CT molecular complexity index is 184. The summed E-state index contributed by atoms with van der Waals surface area (Å²) in [6, 6.07) is 0. The van der Waals surface area contributed by atoms with Gasteiger partial charge in [0.15, 0.2) is 0 Å². The van der Waals surface area contributed by atoms with Gasteiger partial charge in [0.2, 0.25) is 5.96 Å². The molecule has 0 aromatic carbocycles. The van der Waals surface area contributed by atoms with Crippen LogP contribution in [-0.2, 0) is 0 Å². The van der Waals surface area contributed by atoms with Crippen molar-refractivity contribution in [3.05, 3.63) is 0 Å². The molecule has 0 aromatic rings. The minimum atomic E-state index is 0.305. The van der Waals surface area contributed by atoms with Gasteiger partial charge in [-0.25, -0.2) is 5.84 Å². The number of nitrogens with zero attached hydrogens (tertiary/aromatic N) is 3. The van der Waals surface area contributed by atoms with Crippen LogP contribution in [0.15, 0.2) is 4.99 Å². The van der Waals surface area contributed by atoms with Crippen LogP contribution in [0.25, 0.3) is 0 Å². The van der Waals surface area contributed by atoms with Crippen LogP contribution in [-0.4, -0.2) is 62.1 Å². The van der Waals surface area contributed by atoms with Gasteiger partial charge < -0.3 is 10.6 Å². The second-order valence-electron chi connectivity index (χ2n) is 3.56. The lowest BCUT2D eigenvalue weighted by atomic mass is 10.3. The van der Waals surface area contributed by atoms with E-state index in [-0.39, 0.29) is 0 Å². The standard InChI is InChI=1S/C8H20N6/c1-13-4-6-14(7-5-13)3-2-11-8(9)12-10/h2-7,10H2,1H3,(H3,9,11,12). The number of piperazine rings is 1. The van der Waals surface area contributed by atoms with E-state index >= 15 is 0 Å². The summed E-state index contributed by atoms with van der Waals surface area (Å²) in [5.41, 5.74) is 7.71. The minimum absolute atomic E-state index is 0.305. The quantitative estimate of drug-likeness (QED) is 0.213. The van der Waals surface area contributed by atoms with Gasteiger partial charge in [-0.15, -0.1) is 0 Å². The maximum Gasteiger partial charge on any atom is 0.203 e. The lowest BCUT2D eigenvalue weighted by Gasteiger charge is -2.31. The van der Waals surface area contributed by atoms with Crippen molar-refractivity contribution in [1.82, 2.24) is 15.2 Å². The molecule has 82 valence electrons. The van der Waals surface area contributed by atoms with Crippen molar-refractivity contribution < 1.29 is 0 Å². The third-order valence-corrected chi connectivity index (χ3v) is 2.44. The van der Waals surface area contributed by atoms with Crippen LogP contribution in [0.2, 0.25) is 0 Å². The molecule has 6 nitrogen and oxygen atoms in total. The summed E-state index contributed by atoms with van der Waals surface area (Å²) in [7, 11) is 2.14. The first-order valence-electron chi connectivity index (χ1n) is 4.90. The molecule has 1 fully saturated rings. The molecule has 6 heteroatoms. The molecule has 0 unspecified atom stereocenters. The first-order chi connectivity index (χ1) is 6.72. The zero-order valence-corrected chi connectivity index (χ0v) is 8.74. The van der Waals surface area contributed by atoms with E-state index < -0.39 is 0 Å². The number of hydrazine groups is 1. The number of nitrogens with two attached hydrogens (primary N) is 2. The summed E-state index contributed by atoms with van der Waals surface area (Å²) in [4.78, 5) is 8.77. The van der Waals surface area contributed by atoms with Gasteiger partial charge in [0.25, 0.3) is 0 Å². The second-order valence-corrected chi connectivity index (χ2v) is 3.56. The molecule has 0 bridgehead atoms. The summed E-state index contributed by atoms with van der Waals surface area (Å²) >= 11 is 0. The molecule has 0 saturated carbocycles. The number of rotatable bonds is 3. The fraction of sp³-hybridized carbons (Fsp3) is 0.875. The Morgan fingerprint density at radius 1 is 1.36 bits per heavy atom. The van der Waals surface area contributed by atoms with E-state index in [1.165, 1.54) is 0 Å². The predicted octanol–water partition coefficient (Wildman–Crippen LogP) is -1.99. The number of hydrogen-bond donors (Lipinski definition) is 3. The summed E-state index contributed by atoms with van der Waals surface area (Å²) in [6.07, 6.45) is 0. The van der Waals surface area contributed by atoms with Crippen molar-refractivity contribution in [1.29, 1.82) is 0 Å². The van der Waals surface area contributed by atoms with Crippen molar-refractivity contribution in [2.75, 3.05) is 46.3 Å². The van der Waals surface area contributed by atoms with Gasteiger partial charge in [-0.2, -0.15) is 0 Å². The Kier molecular flexibility index (Phi) is 4.64. The molecule has 1 heterocycles. The van der Waals surface area contributed by atoms with Crippen molar-refractivity contribution in [3.63, 3.8) is 0 Å². The van der Waals surface area contributed by atoms with Crippen LogP contribution in [0.5, 0.6) is 0 Å². The summed E-state index contributed by atoms with van der Waals surface area (Å²) in [5, 5.41) is 0. The van der Waals surface area contributed by atoms with Gasteiger partial charge in [0, 0.05) is 32.7 Å². The van der Waals surface area contributed by atoms with Gasteiger partial charge in [-0.1, -0.05) is 0 Å². The third kappa shape index (κ3) is 3.91. The molecule has 1 rings (SSSR count). The Morgan fingerprint density at radius 3 is 2.57 bits per heavy atom. The van der Waals surface area contributed by atoms with E-state index in [0.717, 1.165) is 32.7 Å². The first kappa shape index (κ1) is 11.2. The molecule has 0 aliphatic carbocycles. The summed E-state index contributed by atoms with van der Waals surface area (Å²) in [6.45, 7) is 6.16. The SMILES string of the molecule is CN1CCN(CCN=C(N)NN)CC1. The Morgan fingerprint density at radius 2 is 2.00 bits per heavy atom. The van der Waals surface area contributed by atoms with Gasteiger partial charge >= 0.3 is 0 Å². The highest BCUT2D eigenvalue weighted by Gasteiger charge is 2.12. The fourth-order valence-corrected chi connectivity index (χ4v) is 1.43. The summed E-state index contributed by atoms with van der Waals surface area (Å²) in [5.74, 6) is 5.39. The first-order valence-corrected chi connectivity index (χ1v) is 4.90. The minimum Gasteiger partial charge on any atom is -0.369 e. The van der Waals surface area contributed by atoms with Crippen molar-refractivity contribution in [3.8, 4) is 0 Å². The molecule has 14 heavy (non-hydrogen) atoms. The number of hydrogen-bond acceptors (Lipinski definition) is 4. The maximum absolute atomic E-state index is 5.40. The normalized spacial score (nSPS) is 21.1. The highest BCUT2D eigenvalue weighted by Crippen LogP contribution is 1.97. The third-order valence-electron chi connectivity index (χ3n) is 2.44. The smallest absolute Gasteiger partial charge is 0.203 e. The number of likely N-dealkylation sites (N-methyl/N-ethyl adjacent to an activating group) is 1. The van der Waals surface area contributed by atoms with Gasteiger partial charge in [-0.05, 0) is 7.05 Å². The molecule has 1 aliphatic heterocycles. The Labute approximate surface area is 84.9 Å². The second kappa shape index (κ2) is 5.79. The van der Waals surface area contributed by atoms with Crippen molar-refractivity contribution >= 4 is 5.96 Å². The topological polar surface area (TPSA) is 82.9 Å². The predicted molar refractivity (Wildman–Crippen MR) is 57.7 cm³/mol. The molecule has 0 aromatic heterocycles. The lowest BCUT2D eigenvalue weighted by molar-refractivity contribution is 0.157. The van der Waals surface area contributed by atoms with Crippen LogP contribution >= 0.6 is 0 Å². The zero-order chi connectivity index (χ0) is 10.4. The Balaban J connectivity index is 2.13. The van der Waals surface area contributed by atoms with Gasteiger partial charge in [-0.3, -0.25) is 15.3 Å². The molecule has 0 spiro atoms. The van der Waals surface area contributed by atoms with Crippen molar-refractivity contribution in [2.45, 2.75) is 0 Å². The van der Waals surface area contributed by atoms with E-state index in [2.05, 4.69) is 27.3 Å². The molecular weight excluding hydrogens is 180 g/mol. The fourth-order valence-electron chi connectivity index (χ4n) is 1.43. The van der Waals surface area contributed by atoms with Crippen LogP contribution in [0.3, 0.4) is 0 Å². The zero-order valence-electron chi connectivity index (χ0n) is 8.74. The molecule has 0 amide bonds.